The normalized spacial score (nSPS) is 11.7. The molecule has 0 fully saturated rings. The summed E-state index contributed by atoms with van der Waals surface area (Å²) in [5.41, 5.74) is 5.95. The highest BCUT2D eigenvalue weighted by atomic mass is 16.6. The molecular formula is C14H22N2O9. The number of aliphatic carboxylic acids is 2. The van der Waals surface area contributed by atoms with Crippen LogP contribution in [0.1, 0.15) is 12.5 Å². The zero-order valence-corrected chi connectivity index (χ0v) is 13.5. The zero-order chi connectivity index (χ0) is 20.0. The van der Waals surface area contributed by atoms with Gasteiger partial charge in [0.25, 0.3) is 5.69 Å². The zero-order valence-electron chi connectivity index (χ0n) is 13.5. The molecule has 0 saturated heterocycles. The molecule has 1 rings (SSSR count). The lowest BCUT2D eigenvalue weighted by molar-refractivity contribution is -0.384. The number of nitrogens with two attached hydrogens (primary N) is 1. The van der Waals surface area contributed by atoms with Crippen LogP contribution in [0.25, 0.3) is 0 Å². The van der Waals surface area contributed by atoms with E-state index in [1.165, 1.54) is 31.2 Å². The van der Waals surface area contributed by atoms with E-state index >= 15 is 0 Å². The minimum Gasteiger partial charge on any atom is -0.480 e. The third kappa shape index (κ3) is 13.5. The van der Waals surface area contributed by atoms with Crippen molar-refractivity contribution in [1.82, 2.24) is 0 Å². The van der Waals surface area contributed by atoms with Crippen LogP contribution < -0.4 is 5.73 Å². The first-order chi connectivity index (χ1) is 11.6. The van der Waals surface area contributed by atoms with E-state index in [-0.39, 0.29) is 25.3 Å². The summed E-state index contributed by atoms with van der Waals surface area (Å²) in [5, 5.41) is 49.9. The van der Waals surface area contributed by atoms with E-state index in [0.29, 0.717) is 5.56 Å². The molecule has 142 valence electrons. The van der Waals surface area contributed by atoms with Crippen molar-refractivity contribution < 1.29 is 40.0 Å². The SMILES string of the molecule is CC(O)C(=O)O.N[C@@H](Cc1ccc([N+](=O)[O-])cc1)C(=O)O.OCCO. The van der Waals surface area contributed by atoms with Gasteiger partial charge in [-0.2, -0.15) is 0 Å². The summed E-state index contributed by atoms with van der Waals surface area (Å²) in [7, 11) is 0. The number of aliphatic hydroxyl groups is 3. The fraction of sp³-hybridized carbons (Fsp3) is 0.429. The summed E-state index contributed by atoms with van der Waals surface area (Å²) < 4.78 is 0. The molecule has 0 aliphatic heterocycles. The molecule has 0 radical (unpaired) electrons. The third-order valence-electron chi connectivity index (χ3n) is 2.38. The molecule has 0 spiro atoms. The summed E-state index contributed by atoms with van der Waals surface area (Å²) >= 11 is 0. The maximum absolute atomic E-state index is 10.4. The van der Waals surface area contributed by atoms with Gasteiger partial charge >= 0.3 is 11.9 Å². The Morgan fingerprint density at radius 1 is 1.12 bits per heavy atom. The van der Waals surface area contributed by atoms with Crippen molar-refractivity contribution >= 4 is 17.6 Å². The van der Waals surface area contributed by atoms with Crippen LogP contribution in [-0.4, -0.2) is 67.8 Å². The Morgan fingerprint density at radius 3 is 1.76 bits per heavy atom. The van der Waals surface area contributed by atoms with Gasteiger partial charge in [0.05, 0.1) is 18.1 Å². The van der Waals surface area contributed by atoms with Crippen molar-refractivity contribution in [2.45, 2.75) is 25.5 Å². The van der Waals surface area contributed by atoms with Crippen LogP contribution in [0.2, 0.25) is 0 Å². The van der Waals surface area contributed by atoms with Crippen molar-refractivity contribution in [3.63, 3.8) is 0 Å². The Hall–Kier alpha value is -2.60. The number of hydrogen-bond donors (Lipinski definition) is 6. The van der Waals surface area contributed by atoms with Crippen molar-refractivity contribution in [3.8, 4) is 0 Å². The summed E-state index contributed by atoms with van der Waals surface area (Å²) in [6, 6.07) is 4.67. The summed E-state index contributed by atoms with van der Waals surface area (Å²) in [6.07, 6.45) is -1.07. The molecule has 0 aromatic heterocycles. The predicted molar refractivity (Wildman–Crippen MR) is 85.9 cm³/mol. The number of benzene rings is 1. The highest BCUT2D eigenvalue weighted by Gasteiger charge is 2.12. The summed E-state index contributed by atoms with van der Waals surface area (Å²) in [5.74, 6) is -2.27. The fourth-order valence-electron chi connectivity index (χ4n) is 1.09. The van der Waals surface area contributed by atoms with Crippen molar-refractivity contribution in [1.29, 1.82) is 0 Å². The maximum Gasteiger partial charge on any atom is 0.332 e. The number of non-ortho nitro benzene ring substituents is 1. The number of rotatable bonds is 6. The van der Waals surface area contributed by atoms with Crippen LogP contribution >= 0.6 is 0 Å². The van der Waals surface area contributed by atoms with E-state index < -0.39 is 29.0 Å². The topological polar surface area (TPSA) is 204 Å². The number of carboxylic acid groups (broad SMARTS) is 2. The van der Waals surface area contributed by atoms with E-state index in [1.807, 2.05) is 0 Å². The predicted octanol–water partition coefficient (Wildman–Crippen LogP) is -1.03. The highest BCUT2D eigenvalue weighted by Crippen LogP contribution is 2.12. The lowest BCUT2D eigenvalue weighted by Crippen LogP contribution is -2.32. The van der Waals surface area contributed by atoms with Gasteiger partial charge in [-0.25, -0.2) is 4.79 Å². The molecule has 0 amide bonds. The molecule has 11 heteroatoms. The molecule has 0 saturated carbocycles. The number of carboxylic acids is 2. The van der Waals surface area contributed by atoms with E-state index in [2.05, 4.69) is 0 Å². The smallest absolute Gasteiger partial charge is 0.332 e. The number of carbonyl (C=O) groups is 2. The lowest BCUT2D eigenvalue weighted by Gasteiger charge is -2.05. The van der Waals surface area contributed by atoms with Gasteiger partial charge in [0.2, 0.25) is 0 Å². The van der Waals surface area contributed by atoms with Gasteiger partial charge in [0.15, 0.2) is 0 Å². The maximum atomic E-state index is 10.4. The molecule has 0 aliphatic carbocycles. The molecule has 7 N–H and O–H groups in total. The molecular weight excluding hydrogens is 340 g/mol. The molecule has 0 aliphatic rings. The van der Waals surface area contributed by atoms with Gasteiger partial charge in [0, 0.05) is 12.1 Å². The van der Waals surface area contributed by atoms with Crippen molar-refractivity contribution in [2.24, 2.45) is 5.73 Å². The molecule has 1 aromatic carbocycles. The average Bonchev–Trinajstić information content (AvgIpc) is 2.55. The Morgan fingerprint density at radius 2 is 1.52 bits per heavy atom. The molecule has 2 atom stereocenters. The third-order valence-corrected chi connectivity index (χ3v) is 2.38. The standard InChI is InChI=1S/C9H10N2O4.C3H6O3.C2H6O2/c10-8(9(12)13)5-6-1-3-7(4-2-6)11(14)15;1-2(4)3(5)6;3-1-2-4/h1-4,8H,5,10H2,(H,12,13);2,4H,1H3,(H,5,6);3-4H,1-2H2/t8-;;/m0../s1. The van der Waals surface area contributed by atoms with Crippen LogP contribution in [0.4, 0.5) is 5.69 Å². The second kappa shape index (κ2) is 13.8. The fourth-order valence-corrected chi connectivity index (χ4v) is 1.09. The number of aliphatic hydroxyl groups excluding tert-OH is 3. The number of hydrogen-bond acceptors (Lipinski definition) is 8. The molecule has 25 heavy (non-hydrogen) atoms. The molecule has 1 unspecified atom stereocenters. The molecule has 1 aromatic rings. The number of nitrogens with zero attached hydrogens (tertiary/aromatic N) is 1. The first-order valence-electron chi connectivity index (χ1n) is 6.91. The van der Waals surface area contributed by atoms with Crippen LogP contribution in [-0.2, 0) is 16.0 Å². The van der Waals surface area contributed by atoms with E-state index in [1.54, 1.807) is 0 Å². The molecule has 0 heterocycles. The lowest BCUT2D eigenvalue weighted by atomic mass is 10.1. The monoisotopic (exact) mass is 362 g/mol. The second-order valence-corrected chi connectivity index (χ2v) is 4.53. The minimum absolute atomic E-state index is 0.0253. The van der Waals surface area contributed by atoms with Gasteiger partial charge in [-0.15, -0.1) is 0 Å². The Balaban J connectivity index is 0. The van der Waals surface area contributed by atoms with Crippen LogP contribution in [0.5, 0.6) is 0 Å². The van der Waals surface area contributed by atoms with Crippen LogP contribution in [0, 0.1) is 10.1 Å². The first-order valence-corrected chi connectivity index (χ1v) is 6.91. The Bertz CT molecular complexity index is 530. The first kappa shape index (κ1) is 24.6. The van der Waals surface area contributed by atoms with Crippen LogP contribution in [0.3, 0.4) is 0 Å². The molecule has 11 nitrogen and oxygen atoms in total. The van der Waals surface area contributed by atoms with Gasteiger partial charge in [-0.1, -0.05) is 12.1 Å². The summed E-state index contributed by atoms with van der Waals surface area (Å²) in [6.45, 7) is 0.947. The Kier molecular flexibility index (Phi) is 13.6. The largest absolute Gasteiger partial charge is 0.480 e. The average molecular weight is 362 g/mol. The van der Waals surface area contributed by atoms with Gasteiger partial charge < -0.3 is 31.3 Å². The van der Waals surface area contributed by atoms with Crippen molar-refractivity contribution in [3.05, 3.63) is 39.9 Å². The van der Waals surface area contributed by atoms with E-state index in [9.17, 15) is 19.7 Å². The van der Waals surface area contributed by atoms with E-state index in [4.69, 9.17) is 31.3 Å². The number of nitro benzene ring substituents is 1. The van der Waals surface area contributed by atoms with Gasteiger partial charge in [-0.3, -0.25) is 14.9 Å². The van der Waals surface area contributed by atoms with Gasteiger partial charge in [0.1, 0.15) is 12.1 Å². The minimum atomic E-state index is -1.23. The summed E-state index contributed by atoms with van der Waals surface area (Å²) in [4.78, 5) is 29.7. The van der Waals surface area contributed by atoms with Crippen LogP contribution in [0.15, 0.2) is 24.3 Å². The Labute approximate surface area is 143 Å². The molecule has 0 bridgehead atoms. The highest BCUT2D eigenvalue weighted by molar-refractivity contribution is 5.73. The quantitative estimate of drug-likeness (QED) is 0.268. The number of nitro groups is 1. The van der Waals surface area contributed by atoms with E-state index in [0.717, 1.165) is 0 Å². The van der Waals surface area contributed by atoms with Crippen molar-refractivity contribution in [2.75, 3.05) is 13.2 Å². The van der Waals surface area contributed by atoms with Gasteiger partial charge in [-0.05, 0) is 18.9 Å². The second-order valence-electron chi connectivity index (χ2n) is 4.53.